The predicted octanol–water partition coefficient (Wildman–Crippen LogP) is -0.245. The molecule has 1 aliphatic carbocycles. The first-order valence-electron chi connectivity index (χ1n) is 4.48. The first kappa shape index (κ1) is 9.48. The minimum atomic E-state index is -0.333. The van der Waals surface area contributed by atoms with Crippen molar-refractivity contribution >= 4 is 5.91 Å². The van der Waals surface area contributed by atoms with E-state index in [2.05, 4.69) is 10.9 Å². The van der Waals surface area contributed by atoms with Gasteiger partial charge in [0.1, 0.15) is 0 Å². The van der Waals surface area contributed by atoms with Crippen LogP contribution in [0.15, 0.2) is 0 Å². The lowest BCUT2D eigenvalue weighted by Gasteiger charge is -2.17. The fraction of sp³-hybridized carbons (Fsp3) is 0.875. The summed E-state index contributed by atoms with van der Waals surface area (Å²) in [5, 5.41) is 0. The molecule has 12 heavy (non-hydrogen) atoms. The van der Waals surface area contributed by atoms with Gasteiger partial charge in [-0.05, 0) is 18.8 Å². The fourth-order valence-corrected chi connectivity index (χ4v) is 1.74. The molecule has 1 fully saturated rings. The second kappa shape index (κ2) is 4.42. The maximum atomic E-state index is 11.2. The lowest BCUT2D eigenvalue weighted by atomic mass is 9.99. The van der Waals surface area contributed by atoms with E-state index in [-0.39, 0.29) is 11.9 Å². The Balaban J connectivity index is 2.34. The van der Waals surface area contributed by atoms with Crippen LogP contribution in [0, 0.1) is 5.92 Å². The van der Waals surface area contributed by atoms with Gasteiger partial charge in [-0.2, -0.15) is 0 Å². The molecule has 0 radical (unpaired) electrons. The van der Waals surface area contributed by atoms with Gasteiger partial charge in [0, 0.05) is 7.05 Å². The fourth-order valence-electron chi connectivity index (χ4n) is 1.74. The van der Waals surface area contributed by atoms with Gasteiger partial charge >= 0.3 is 0 Å². The zero-order chi connectivity index (χ0) is 8.97. The zero-order valence-electron chi connectivity index (χ0n) is 7.47. The van der Waals surface area contributed by atoms with Gasteiger partial charge in [-0.25, -0.2) is 5.43 Å². The van der Waals surface area contributed by atoms with E-state index in [1.54, 1.807) is 7.05 Å². The minimum Gasteiger partial charge on any atom is -0.320 e. The van der Waals surface area contributed by atoms with Gasteiger partial charge in [-0.1, -0.05) is 12.8 Å². The van der Waals surface area contributed by atoms with Crippen LogP contribution in [0.3, 0.4) is 0 Å². The number of nitrogens with two attached hydrogens (primary N) is 1. The third-order valence-corrected chi connectivity index (χ3v) is 2.46. The molecule has 0 spiro atoms. The smallest absolute Gasteiger partial charge is 0.251 e. The van der Waals surface area contributed by atoms with Crippen LogP contribution in [0.1, 0.15) is 25.7 Å². The average Bonchev–Trinajstić information content (AvgIpc) is 2.55. The van der Waals surface area contributed by atoms with Gasteiger partial charge in [0.25, 0.3) is 5.91 Å². The topological polar surface area (TPSA) is 67.1 Å². The van der Waals surface area contributed by atoms with E-state index in [0.29, 0.717) is 5.92 Å². The Morgan fingerprint density at radius 2 is 2.08 bits per heavy atom. The largest absolute Gasteiger partial charge is 0.320 e. The quantitative estimate of drug-likeness (QED) is 0.513. The summed E-state index contributed by atoms with van der Waals surface area (Å²) in [5.74, 6) is 0.294. The maximum absolute atomic E-state index is 11.2. The van der Waals surface area contributed by atoms with Gasteiger partial charge in [-0.15, -0.1) is 0 Å². The molecule has 1 rings (SSSR count). The molecule has 70 valence electrons. The number of carbonyl (C=O) groups excluding carboxylic acids is 1. The van der Waals surface area contributed by atoms with Crippen molar-refractivity contribution in [3.8, 4) is 0 Å². The Morgan fingerprint density at radius 1 is 1.50 bits per heavy atom. The first-order valence-corrected chi connectivity index (χ1v) is 4.48. The van der Waals surface area contributed by atoms with Crippen molar-refractivity contribution in [1.29, 1.82) is 0 Å². The summed E-state index contributed by atoms with van der Waals surface area (Å²) in [6, 6.07) is -0.333. The molecular formula is C8H17N3O. The summed E-state index contributed by atoms with van der Waals surface area (Å²) in [5.41, 5.74) is 10.9. The molecule has 4 heteroatoms. The molecule has 1 unspecified atom stereocenters. The Bertz CT molecular complexity index is 154. The van der Waals surface area contributed by atoms with E-state index in [1.165, 1.54) is 12.8 Å². The summed E-state index contributed by atoms with van der Waals surface area (Å²) in [6.45, 7) is 0. The molecule has 4 nitrogen and oxygen atoms in total. The summed E-state index contributed by atoms with van der Waals surface area (Å²) in [4.78, 5) is 11.2. The molecule has 0 aliphatic heterocycles. The van der Waals surface area contributed by atoms with Crippen molar-refractivity contribution in [2.75, 3.05) is 7.05 Å². The van der Waals surface area contributed by atoms with Crippen molar-refractivity contribution < 1.29 is 4.79 Å². The number of nitrogens with one attached hydrogen (secondary N) is 2. The molecular weight excluding hydrogens is 154 g/mol. The third-order valence-electron chi connectivity index (χ3n) is 2.46. The number of carbonyl (C=O) groups is 1. The molecule has 0 aromatic heterocycles. The Morgan fingerprint density at radius 3 is 2.58 bits per heavy atom. The van der Waals surface area contributed by atoms with Gasteiger partial charge in [0.2, 0.25) is 0 Å². The lowest BCUT2D eigenvalue weighted by Crippen LogP contribution is -2.48. The lowest BCUT2D eigenvalue weighted by molar-refractivity contribution is -0.124. The summed E-state index contributed by atoms with van der Waals surface area (Å²) in [6.07, 6.45) is 4.62. The van der Waals surface area contributed by atoms with Crippen LogP contribution in [0.2, 0.25) is 0 Å². The second-order valence-electron chi connectivity index (χ2n) is 3.31. The minimum absolute atomic E-state index is 0.0931. The highest BCUT2D eigenvalue weighted by Crippen LogP contribution is 2.26. The molecule has 1 saturated carbocycles. The van der Waals surface area contributed by atoms with E-state index < -0.39 is 0 Å². The molecule has 1 amide bonds. The Labute approximate surface area is 72.9 Å². The standard InChI is InChI=1S/C8H17N3O/c1-10-11-8(12)7(9)6-4-2-3-5-6/h6-7,10H,2-5,9H2,1H3,(H,11,12). The van der Waals surface area contributed by atoms with Crippen LogP contribution in [-0.2, 0) is 4.79 Å². The Kier molecular flexibility index (Phi) is 3.49. The van der Waals surface area contributed by atoms with E-state index in [4.69, 9.17) is 5.73 Å². The van der Waals surface area contributed by atoms with Crippen LogP contribution in [0.25, 0.3) is 0 Å². The monoisotopic (exact) mass is 171 g/mol. The molecule has 0 saturated heterocycles. The number of amides is 1. The highest BCUT2D eigenvalue weighted by atomic mass is 16.2. The van der Waals surface area contributed by atoms with Gasteiger partial charge in [-0.3, -0.25) is 10.2 Å². The highest BCUT2D eigenvalue weighted by molar-refractivity contribution is 5.81. The summed E-state index contributed by atoms with van der Waals surface area (Å²) in [7, 11) is 1.67. The first-order chi connectivity index (χ1) is 5.75. The number of rotatable bonds is 3. The van der Waals surface area contributed by atoms with Gasteiger partial charge in [0.15, 0.2) is 0 Å². The number of hydrogen-bond acceptors (Lipinski definition) is 3. The molecule has 1 aliphatic rings. The van der Waals surface area contributed by atoms with Crippen LogP contribution in [0.5, 0.6) is 0 Å². The zero-order valence-corrected chi connectivity index (χ0v) is 7.47. The molecule has 0 bridgehead atoms. The SMILES string of the molecule is CNNC(=O)C(N)C1CCCC1. The summed E-state index contributed by atoms with van der Waals surface area (Å²) >= 11 is 0. The highest BCUT2D eigenvalue weighted by Gasteiger charge is 2.26. The van der Waals surface area contributed by atoms with Crippen LogP contribution in [-0.4, -0.2) is 19.0 Å². The average molecular weight is 171 g/mol. The van der Waals surface area contributed by atoms with Crippen molar-refractivity contribution in [1.82, 2.24) is 10.9 Å². The van der Waals surface area contributed by atoms with Gasteiger partial charge in [0.05, 0.1) is 6.04 Å². The molecule has 0 aromatic rings. The number of hydrogen-bond donors (Lipinski definition) is 3. The van der Waals surface area contributed by atoms with Crippen molar-refractivity contribution in [3.05, 3.63) is 0 Å². The van der Waals surface area contributed by atoms with Crippen LogP contribution < -0.4 is 16.6 Å². The van der Waals surface area contributed by atoms with Crippen LogP contribution in [0.4, 0.5) is 0 Å². The van der Waals surface area contributed by atoms with E-state index >= 15 is 0 Å². The van der Waals surface area contributed by atoms with Crippen molar-refractivity contribution in [3.63, 3.8) is 0 Å². The third kappa shape index (κ3) is 2.19. The van der Waals surface area contributed by atoms with Crippen molar-refractivity contribution in [2.45, 2.75) is 31.7 Å². The molecule has 1 atom stereocenters. The van der Waals surface area contributed by atoms with E-state index in [1.807, 2.05) is 0 Å². The maximum Gasteiger partial charge on any atom is 0.251 e. The Hall–Kier alpha value is -0.610. The second-order valence-corrected chi connectivity index (χ2v) is 3.31. The normalized spacial score (nSPS) is 20.8. The van der Waals surface area contributed by atoms with Gasteiger partial charge < -0.3 is 5.73 Å². The molecule has 0 heterocycles. The molecule has 4 N–H and O–H groups in total. The van der Waals surface area contributed by atoms with Crippen LogP contribution >= 0.6 is 0 Å². The van der Waals surface area contributed by atoms with Crippen molar-refractivity contribution in [2.24, 2.45) is 11.7 Å². The molecule has 0 aromatic carbocycles. The number of hydrazine groups is 1. The van der Waals surface area contributed by atoms with E-state index in [0.717, 1.165) is 12.8 Å². The predicted molar refractivity (Wildman–Crippen MR) is 47.1 cm³/mol. The van der Waals surface area contributed by atoms with E-state index in [9.17, 15) is 4.79 Å². The summed E-state index contributed by atoms with van der Waals surface area (Å²) < 4.78 is 0.